The number of amides is 1. The van der Waals surface area contributed by atoms with E-state index >= 15 is 0 Å². The van der Waals surface area contributed by atoms with Crippen molar-refractivity contribution in [2.24, 2.45) is 0 Å². The molecule has 0 unspecified atom stereocenters. The molecule has 0 saturated carbocycles. The highest BCUT2D eigenvalue weighted by Gasteiger charge is 2.07. The predicted molar refractivity (Wildman–Crippen MR) is 82.0 cm³/mol. The summed E-state index contributed by atoms with van der Waals surface area (Å²) in [5.41, 5.74) is 0.730. The van der Waals surface area contributed by atoms with E-state index in [1.54, 1.807) is 12.1 Å². The van der Waals surface area contributed by atoms with Crippen LogP contribution in [0.25, 0.3) is 10.8 Å². The number of aromatic hydroxyl groups is 1. The molecule has 0 aliphatic carbocycles. The summed E-state index contributed by atoms with van der Waals surface area (Å²) in [7, 11) is 0. The Morgan fingerprint density at radius 2 is 1.85 bits per heavy atom. The maximum absolute atomic E-state index is 11.9. The lowest BCUT2D eigenvalue weighted by Crippen LogP contribution is -2.27. The van der Waals surface area contributed by atoms with Gasteiger partial charge in [-0.2, -0.15) is 0 Å². The first-order chi connectivity index (χ1) is 9.58. The maximum atomic E-state index is 11.9. The molecule has 2 rings (SSSR count). The number of carbonyl (C=O) groups excluding carboxylic acids is 1. The second-order valence-corrected chi connectivity index (χ2v) is 5.08. The van der Waals surface area contributed by atoms with E-state index < -0.39 is 0 Å². The first-order valence-corrected chi connectivity index (χ1v) is 6.82. The zero-order valence-corrected chi connectivity index (χ0v) is 11.8. The van der Waals surface area contributed by atoms with Gasteiger partial charge in [0.05, 0.1) is 0 Å². The third-order valence-electron chi connectivity index (χ3n) is 3.08. The zero-order valence-electron chi connectivity index (χ0n) is 11.8. The molecule has 0 saturated heterocycles. The largest absolute Gasteiger partial charge is 0.507 e. The minimum absolute atomic E-state index is 0.0333. The van der Waals surface area contributed by atoms with Crippen LogP contribution in [0.5, 0.6) is 5.75 Å². The Morgan fingerprint density at radius 1 is 1.15 bits per heavy atom. The topological polar surface area (TPSA) is 61.4 Å². The molecular weight excluding hydrogens is 252 g/mol. The van der Waals surface area contributed by atoms with Gasteiger partial charge in [-0.15, -0.1) is 0 Å². The second-order valence-electron chi connectivity index (χ2n) is 5.08. The van der Waals surface area contributed by atoms with Crippen LogP contribution in [-0.2, 0) is 4.79 Å². The van der Waals surface area contributed by atoms with E-state index in [4.69, 9.17) is 0 Å². The van der Waals surface area contributed by atoms with Crippen molar-refractivity contribution < 1.29 is 9.90 Å². The molecule has 4 nitrogen and oxygen atoms in total. The lowest BCUT2D eigenvalue weighted by Gasteiger charge is -2.11. The van der Waals surface area contributed by atoms with Crippen molar-refractivity contribution in [2.45, 2.75) is 26.3 Å². The third kappa shape index (κ3) is 3.48. The molecule has 0 aliphatic rings. The number of anilines is 1. The molecule has 0 heterocycles. The van der Waals surface area contributed by atoms with Crippen LogP contribution in [0.2, 0.25) is 0 Å². The third-order valence-corrected chi connectivity index (χ3v) is 3.08. The number of nitrogens with one attached hydrogen (secondary N) is 2. The molecule has 0 fully saturated rings. The molecule has 3 N–H and O–H groups in total. The van der Waals surface area contributed by atoms with Gasteiger partial charge in [0.25, 0.3) is 0 Å². The molecule has 4 heteroatoms. The summed E-state index contributed by atoms with van der Waals surface area (Å²) in [6.45, 7) is 4.75. The summed E-state index contributed by atoms with van der Waals surface area (Å²) in [6, 6.07) is 11.2. The van der Waals surface area contributed by atoms with Crippen LogP contribution in [0.1, 0.15) is 20.3 Å². The highest BCUT2D eigenvalue weighted by molar-refractivity contribution is 6.03. The Hall–Kier alpha value is -2.07. The fourth-order valence-electron chi connectivity index (χ4n) is 2.09. The number of hydrogen-bond acceptors (Lipinski definition) is 3. The molecule has 0 radical (unpaired) electrons. The number of carbonyl (C=O) groups is 1. The summed E-state index contributed by atoms with van der Waals surface area (Å²) in [5.74, 6) is 0.189. The van der Waals surface area contributed by atoms with Crippen molar-refractivity contribution in [3.05, 3.63) is 36.4 Å². The quantitative estimate of drug-likeness (QED) is 0.784. The Bertz CT molecular complexity index is 608. The Kier molecular flexibility index (Phi) is 4.58. The van der Waals surface area contributed by atoms with E-state index in [9.17, 15) is 9.90 Å². The predicted octanol–water partition coefficient (Wildman–Crippen LogP) is 2.87. The summed E-state index contributed by atoms with van der Waals surface area (Å²) < 4.78 is 0. The first kappa shape index (κ1) is 14.3. The lowest BCUT2D eigenvalue weighted by molar-refractivity contribution is -0.116. The summed E-state index contributed by atoms with van der Waals surface area (Å²) in [4.78, 5) is 11.9. The Balaban J connectivity index is 2.10. The maximum Gasteiger partial charge on any atom is 0.225 e. The highest BCUT2D eigenvalue weighted by Crippen LogP contribution is 2.29. The molecule has 0 bridgehead atoms. The molecule has 106 valence electrons. The minimum atomic E-state index is -0.0333. The summed E-state index contributed by atoms with van der Waals surface area (Å²) >= 11 is 0. The van der Waals surface area contributed by atoms with Gasteiger partial charge in [0.2, 0.25) is 5.91 Å². The van der Waals surface area contributed by atoms with E-state index in [2.05, 4.69) is 10.6 Å². The van der Waals surface area contributed by atoms with Crippen LogP contribution in [0.4, 0.5) is 5.69 Å². The van der Waals surface area contributed by atoms with Crippen LogP contribution in [0.15, 0.2) is 36.4 Å². The van der Waals surface area contributed by atoms with E-state index in [0.29, 0.717) is 19.0 Å². The van der Waals surface area contributed by atoms with Crippen LogP contribution in [0.3, 0.4) is 0 Å². The number of benzene rings is 2. The number of rotatable bonds is 5. The number of hydrogen-bond donors (Lipinski definition) is 3. The molecule has 2 aromatic rings. The highest BCUT2D eigenvalue weighted by atomic mass is 16.3. The first-order valence-electron chi connectivity index (χ1n) is 6.82. The van der Waals surface area contributed by atoms with Gasteiger partial charge >= 0.3 is 0 Å². The van der Waals surface area contributed by atoms with Gasteiger partial charge in [0, 0.05) is 35.5 Å². The molecule has 0 atom stereocenters. The smallest absolute Gasteiger partial charge is 0.225 e. The van der Waals surface area contributed by atoms with Crippen molar-refractivity contribution in [3.8, 4) is 5.75 Å². The minimum Gasteiger partial charge on any atom is -0.507 e. The van der Waals surface area contributed by atoms with Crippen molar-refractivity contribution in [1.82, 2.24) is 5.32 Å². The van der Waals surface area contributed by atoms with Crippen molar-refractivity contribution in [1.29, 1.82) is 0 Å². The summed E-state index contributed by atoms with van der Waals surface area (Å²) in [5, 5.41) is 17.5. The molecule has 0 aliphatic heterocycles. The normalized spacial score (nSPS) is 10.9. The van der Waals surface area contributed by atoms with Crippen LogP contribution in [0, 0.1) is 0 Å². The Morgan fingerprint density at radius 3 is 2.60 bits per heavy atom. The van der Waals surface area contributed by atoms with Crippen molar-refractivity contribution in [3.63, 3.8) is 0 Å². The van der Waals surface area contributed by atoms with Gasteiger partial charge in [-0.3, -0.25) is 4.79 Å². The number of phenolic OH excluding ortho intramolecular Hbond substituents is 1. The van der Waals surface area contributed by atoms with Gasteiger partial charge in [-0.05, 0) is 12.1 Å². The van der Waals surface area contributed by atoms with E-state index in [1.807, 2.05) is 38.1 Å². The van der Waals surface area contributed by atoms with Crippen LogP contribution in [-0.4, -0.2) is 23.6 Å². The monoisotopic (exact) mass is 272 g/mol. The fraction of sp³-hybridized carbons (Fsp3) is 0.312. The fourth-order valence-corrected chi connectivity index (χ4v) is 2.09. The number of phenols is 1. The Labute approximate surface area is 118 Å². The van der Waals surface area contributed by atoms with Crippen molar-refractivity contribution in [2.75, 3.05) is 11.9 Å². The molecule has 0 aromatic heterocycles. The zero-order chi connectivity index (χ0) is 14.5. The molecular formula is C16H20N2O2. The van der Waals surface area contributed by atoms with Gasteiger partial charge in [0.15, 0.2) is 0 Å². The SMILES string of the molecule is CC(C)NCCC(=O)Nc1cccc2c(O)cccc12. The van der Waals surface area contributed by atoms with Gasteiger partial charge in [-0.25, -0.2) is 0 Å². The summed E-state index contributed by atoms with van der Waals surface area (Å²) in [6.07, 6.45) is 0.424. The lowest BCUT2D eigenvalue weighted by atomic mass is 10.1. The van der Waals surface area contributed by atoms with E-state index in [-0.39, 0.29) is 11.7 Å². The molecule has 2 aromatic carbocycles. The van der Waals surface area contributed by atoms with Crippen LogP contribution >= 0.6 is 0 Å². The average molecular weight is 272 g/mol. The molecule has 1 amide bonds. The second kappa shape index (κ2) is 6.39. The van der Waals surface area contributed by atoms with Gasteiger partial charge in [-0.1, -0.05) is 38.1 Å². The average Bonchev–Trinajstić information content (AvgIpc) is 2.39. The number of fused-ring (bicyclic) bond motifs is 1. The van der Waals surface area contributed by atoms with E-state index in [1.165, 1.54) is 0 Å². The van der Waals surface area contributed by atoms with Crippen molar-refractivity contribution >= 4 is 22.4 Å². The van der Waals surface area contributed by atoms with Gasteiger partial charge < -0.3 is 15.7 Å². The van der Waals surface area contributed by atoms with E-state index in [0.717, 1.165) is 16.5 Å². The molecule has 0 spiro atoms. The molecule has 20 heavy (non-hydrogen) atoms. The standard InChI is InChI=1S/C16H20N2O2/c1-11(2)17-10-9-16(20)18-14-7-3-6-13-12(14)5-4-8-15(13)19/h3-8,11,17,19H,9-10H2,1-2H3,(H,18,20). The van der Waals surface area contributed by atoms with Crippen LogP contribution < -0.4 is 10.6 Å². The van der Waals surface area contributed by atoms with Gasteiger partial charge in [0.1, 0.15) is 5.75 Å².